The minimum Gasteiger partial charge on any atom is -0.294 e. The van der Waals surface area contributed by atoms with Crippen LogP contribution in [0.1, 0.15) is 35.2 Å². The molecule has 1 saturated carbocycles. The number of hydrogen-bond donors (Lipinski definition) is 0. The van der Waals surface area contributed by atoms with Crippen molar-refractivity contribution in [1.29, 1.82) is 0 Å². The first-order valence-electron chi connectivity index (χ1n) is 5.09. The molecule has 0 unspecified atom stereocenters. The molecule has 1 fully saturated rings. The van der Waals surface area contributed by atoms with E-state index < -0.39 is 11.6 Å². The first-order chi connectivity index (χ1) is 7.09. The van der Waals surface area contributed by atoms with Gasteiger partial charge in [-0.15, -0.1) is 0 Å². The van der Waals surface area contributed by atoms with Gasteiger partial charge < -0.3 is 0 Å². The summed E-state index contributed by atoms with van der Waals surface area (Å²) in [6, 6.07) is 2.10. The number of hydrogen-bond acceptors (Lipinski definition) is 1. The Kier molecular flexibility index (Phi) is 2.55. The maximum atomic E-state index is 13.3. The summed E-state index contributed by atoms with van der Waals surface area (Å²) >= 11 is 0. The van der Waals surface area contributed by atoms with Gasteiger partial charge in [0.05, 0.1) is 5.56 Å². The highest BCUT2D eigenvalue weighted by Gasteiger charge is 2.28. The standard InChI is InChI=1S/C12H12F2O/c1-7-5-9(11(14)6-10(7)13)12(15)8-3-2-4-8/h5-6,8H,2-4H2,1H3. The van der Waals surface area contributed by atoms with Crippen LogP contribution in [-0.4, -0.2) is 5.78 Å². The summed E-state index contributed by atoms with van der Waals surface area (Å²) in [5, 5.41) is 0. The summed E-state index contributed by atoms with van der Waals surface area (Å²) in [7, 11) is 0. The Labute approximate surface area is 87.1 Å². The monoisotopic (exact) mass is 210 g/mol. The second kappa shape index (κ2) is 3.72. The van der Waals surface area contributed by atoms with Crippen LogP contribution < -0.4 is 0 Å². The van der Waals surface area contributed by atoms with E-state index in [1.54, 1.807) is 0 Å². The zero-order chi connectivity index (χ0) is 11.0. The van der Waals surface area contributed by atoms with E-state index in [9.17, 15) is 13.6 Å². The first kappa shape index (κ1) is 10.3. The topological polar surface area (TPSA) is 17.1 Å². The van der Waals surface area contributed by atoms with E-state index in [1.165, 1.54) is 13.0 Å². The number of aryl methyl sites for hydroxylation is 1. The molecule has 0 heterocycles. The molecular weight excluding hydrogens is 198 g/mol. The molecule has 0 saturated heterocycles. The predicted octanol–water partition coefficient (Wildman–Crippen LogP) is 3.26. The van der Waals surface area contributed by atoms with E-state index in [1.807, 2.05) is 0 Å². The van der Waals surface area contributed by atoms with Crippen molar-refractivity contribution >= 4 is 5.78 Å². The van der Waals surface area contributed by atoms with Gasteiger partial charge in [-0.1, -0.05) is 6.42 Å². The van der Waals surface area contributed by atoms with Gasteiger partial charge in [-0.05, 0) is 31.4 Å². The van der Waals surface area contributed by atoms with Gasteiger partial charge >= 0.3 is 0 Å². The van der Waals surface area contributed by atoms with Gasteiger partial charge in [-0.3, -0.25) is 4.79 Å². The van der Waals surface area contributed by atoms with Crippen molar-refractivity contribution in [3.63, 3.8) is 0 Å². The second-order valence-corrected chi connectivity index (χ2v) is 4.07. The summed E-state index contributed by atoms with van der Waals surface area (Å²) in [5.74, 6) is -1.57. The van der Waals surface area contributed by atoms with Crippen molar-refractivity contribution in [2.45, 2.75) is 26.2 Å². The molecule has 2 rings (SSSR count). The Morgan fingerprint density at radius 3 is 2.47 bits per heavy atom. The lowest BCUT2D eigenvalue weighted by Gasteiger charge is -2.24. The Bertz CT molecular complexity index is 408. The highest BCUT2D eigenvalue weighted by atomic mass is 19.1. The van der Waals surface area contributed by atoms with E-state index in [0.717, 1.165) is 25.3 Å². The molecule has 80 valence electrons. The number of halogens is 2. The number of Topliss-reactive ketones (excluding diaryl/α,β-unsaturated/α-hetero) is 1. The van der Waals surface area contributed by atoms with E-state index in [0.29, 0.717) is 5.56 Å². The number of carbonyl (C=O) groups excluding carboxylic acids is 1. The Morgan fingerprint density at radius 1 is 1.27 bits per heavy atom. The third kappa shape index (κ3) is 1.78. The zero-order valence-corrected chi connectivity index (χ0v) is 8.52. The molecule has 0 aliphatic heterocycles. The van der Waals surface area contributed by atoms with Crippen LogP contribution in [-0.2, 0) is 0 Å². The Morgan fingerprint density at radius 2 is 1.93 bits per heavy atom. The molecule has 1 aromatic rings. The number of benzene rings is 1. The van der Waals surface area contributed by atoms with Crippen molar-refractivity contribution in [2.24, 2.45) is 5.92 Å². The third-order valence-electron chi connectivity index (χ3n) is 2.99. The molecule has 0 amide bonds. The lowest BCUT2D eigenvalue weighted by atomic mass is 9.79. The first-order valence-corrected chi connectivity index (χ1v) is 5.09. The largest absolute Gasteiger partial charge is 0.294 e. The van der Waals surface area contributed by atoms with Gasteiger partial charge in [0.2, 0.25) is 0 Å². The molecule has 0 aromatic heterocycles. The summed E-state index contributed by atoms with van der Waals surface area (Å²) in [6.45, 7) is 1.53. The lowest BCUT2D eigenvalue weighted by molar-refractivity contribution is 0.0850. The second-order valence-electron chi connectivity index (χ2n) is 4.07. The van der Waals surface area contributed by atoms with Crippen molar-refractivity contribution in [2.75, 3.05) is 0 Å². The molecule has 0 bridgehead atoms. The Hall–Kier alpha value is -1.25. The van der Waals surface area contributed by atoms with Crippen LogP contribution >= 0.6 is 0 Å². The van der Waals surface area contributed by atoms with Gasteiger partial charge in [0.15, 0.2) is 5.78 Å². The van der Waals surface area contributed by atoms with E-state index in [-0.39, 0.29) is 17.3 Å². The number of rotatable bonds is 2. The highest BCUT2D eigenvalue weighted by Crippen LogP contribution is 2.31. The molecule has 3 heteroatoms. The zero-order valence-electron chi connectivity index (χ0n) is 8.52. The molecular formula is C12H12F2O. The predicted molar refractivity (Wildman–Crippen MR) is 52.8 cm³/mol. The van der Waals surface area contributed by atoms with Crippen molar-refractivity contribution in [1.82, 2.24) is 0 Å². The van der Waals surface area contributed by atoms with E-state index in [2.05, 4.69) is 0 Å². The molecule has 1 aliphatic rings. The lowest BCUT2D eigenvalue weighted by Crippen LogP contribution is -2.23. The fourth-order valence-electron chi connectivity index (χ4n) is 1.74. The Balaban J connectivity index is 2.34. The van der Waals surface area contributed by atoms with Crippen molar-refractivity contribution in [3.05, 3.63) is 34.9 Å². The van der Waals surface area contributed by atoms with Crippen molar-refractivity contribution in [3.8, 4) is 0 Å². The van der Waals surface area contributed by atoms with Gasteiger partial charge in [-0.25, -0.2) is 8.78 Å². The number of carbonyl (C=O) groups is 1. The summed E-state index contributed by atoms with van der Waals surface area (Å²) in [5.41, 5.74) is 0.359. The average molecular weight is 210 g/mol. The van der Waals surface area contributed by atoms with Gasteiger partial charge in [-0.2, -0.15) is 0 Å². The molecule has 1 aromatic carbocycles. The minimum absolute atomic E-state index is 0.0404. The van der Waals surface area contributed by atoms with Crippen LogP contribution in [0, 0.1) is 24.5 Å². The van der Waals surface area contributed by atoms with Crippen LogP contribution in [0.25, 0.3) is 0 Å². The SMILES string of the molecule is Cc1cc(C(=O)C2CCC2)c(F)cc1F. The molecule has 1 aliphatic carbocycles. The molecule has 0 atom stereocenters. The third-order valence-corrected chi connectivity index (χ3v) is 2.99. The summed E-state index contributed by atoms with van der Waals surface area (Å²) in [6.07, 6.45) is 2.68. The minimum atomic E-state index is -0.741. The van der Waals surface area contributed by atoms with Crippen LogP contribution in [0.3, 0.4) is 0 Å². The van der Waals surface area contributed by atoms with Crippen LogP contribution in [0.5, 0.6) is 0 Å². The maximum absolute atomic E-state index is 13.3. The quantitative estimate of drug-likeness (QED) is 0.685. The van der Waals surface area contributed by atoms with Gasteiger partial charge in [0.25, 0.3) is 0 Å². The molecule has 0 spiro atoms. The normalized spacial score (nSPS) is 16.2. The fraction of sp³-hybridized carbons (Fsp3) is 0.417. The van der Waals surface area contributed by atoms with Crippen LogP contribution in [0.4, 0.5) is 8.78 Å². The van der Waals surface area contributed by atoms with E-state index >= 15 is 0 Å². The van der Waals surface area contributed by atoms with Crippen LogP contribution in [0.2, 0.25) is 0 Å². The van der Waals surface area contributed by atoms with Gasteiger partial charge in [0.1, 0.15) is 11.6 Å². The maximum Gasteiger partial charge on any atom is 0.168 e. The van der Waals surface area contributed by atoms with E-state index in [4.69, 9.17) is 0 Å². The molecule has 0 N–H and O–H groups in total. The van der Waals surface area contributed by atoms with Crippen molar-refractivity contribution < 1.29 is 13.6 Å². The summed E-state index contributed by atoms with van der Waals surface area (Å²) < 4.78 is 26.3. The smallest absolute Gasteiger partial charge is 0.168 e. The molecule has 1 nitrogen and oxygen atoms in total. The number of ketones is 1. The highest BCUT2D eigenvalue weighted by molar-refractivity contribution is 5.98. The van der Waals surface area contributed by atoms with Crippen LogP contribution in [0.15, 0.2) is 12.1 Å². The molecule has 0 radical (unpaired) electrons. The summed E-state index contributed by atoms with van der Waals surface area (Å²) in [4.78, 5) is 11.7. The molecule has 15 heavy (non-hydrogen) atoms. The fourth-order valence-corrected chi connectivity index (χ4v) is 1.74. The van der Waals surface area contributed by atoms with Gasteiger partial charge in [0, 0.05) is 12.0 Å². The average Bonchev–Trinajstić information content (AvgIpc) is 2.08.